The van der Waals surface area contributed by atoms with Crippen LogP contribution >= 0.6 is 0 Å². The number of nitrogens with one attached hydrogen (secondary N) is 2. The number of nitriles is 1. The van der Waals surface area contributed by atoms with Gasteiger partial charge < -0.3 is 15.5 Å². The summed E-state index contributed by atoms with van der Waals surface area (Å²) < 4.78 is 0. The standard InChI is InChI=1S/C23H32N6/c1-5-7-18-13-21(29-11-10-20(15-29)25-16-23(2,3)4)28-22(26-18)27-19-9-6-8-17(12-19)14-24/h6,8-9,12-13,20,25H,5,7,10-11,15-16H2,1-4H3,(H,26,27,28). The molecule has 2 aromatic rings. The minimum absolute atomic E-state index is 0.283. The molecule has 2 heterocycles. The minimum atomic E-state index is 0.283. The maximum absolute atomic E-state index is 9.13. The molecular weight excluding hydrogens is 360 g/mol. The Hall–Kier alpha value is -2.65. The fraction of sp³-hybridized carbons (Fsp3) is 0.522. The Balaban J connectivity index is 1.76. The van der Waals surface area contributed by atoms with E-state index in [1.54, 1.807) is 6.07 Å². The van der Waals surface area contributed by atoms with Crippen molar-refractivity contribution < 1.29 is 0 Å². The number of hydrogen-bond donors (Lipinski definition) is 2. The monoisotopic (exact) mass is 392 g/mol. The van der Waals surface area contributed by atoms with Crippen LogP contribution in [0.2, 0.25) is 0 Å². The molecule has 154 valence electrons. The topological polar surface area (TPSA) is 76.9 Å². The summed E-state index contributed by atoms with van der Waals surface area (Å²) in [5.74, 6) is 1.56. The molecule has 3 rings (SSSR count). The van der Waals surface area contributed by atoms with Crippen LogP contribution in [0, 0.1) is 16.7 Å². The molecule has 1 fully saturated rings. The van der Waals surface area contributed by atoms with Gasteiger partial charge >= 0.3 is 0 Å². The molecule has 6 heteroatoms. The Morgan fingerprint density at radius 1 is 1.24 bits per heavy atom. The molecule has 0 spiro atoms. The second-order valence-electron chi connectivity index (χ2n) is 8.98. The first-order chi connectivity index (χ1) is 13.9. The number of nitrogens with zero attached hydrogens (tertiary/aromatic N) is 4. The lowest BCUT2D eigenvalue weighted by atomic mass is 9.96. The SMILES string of the molecule is CCCc1cc(N2CCC(NCC(C)(C)C)C2)nc(Nc2cccc(C#N)c2)n1. The van der Waals surface area contributed by atoms with E-state index in [4.69, 9.17) is 10.2 Å². The third kappa shape index (κ3) is 6.16. The predicted octanol–water partition coefficient (Wildman–Crippen LogP) is 4.26. The van der Waals surface area contributed by atoms with E-state index in [-0.39, 0.29) is 5.41 Å². The highest BCUT2D eigenvalue weighted by molar-refractivity contribution is 5.58. The van der Waals surface area contributed by atoms with Crippen LogP contribution in [0.4, 0.5) is 17.5 Å². The molecule has 1 saturated heterocycles. The summed E-state index contributed by atoms with van der Waals surface area (Å²) in [5, 5.41) is 16.1. The van der Waals surface area contributed by atoms with Crippen molar-refractivity contribution in [3.05, 3.63) is 41.6 Å². The van der Waals surface area contributed by atoms with E-state index < -0.39 is 0 Å². The van der Waals surface area contributed by atoms with Gasteiger partial charge in [0.2, 0.25) is 5.95 Å². The van der Waals surface area contributed by atoms with Gasteiger partial charge in [0.05, 0.1) is 11.6 Å². The first-order valence-corrected chi connectivity index (χ1v) is 10.5. The summed E-state index contributed by atoms with van der Waals surface area (Å²) in [6.45, 7) is 11.9. The highest BCUT2D eigenvalue weighted by Gasteiger charge is 2.25. The van der Waals surface area contributed by atoms with E-state index >= 15 is 0 Å². The van der Waals surface area contributed by atoms with Crippen LogP contribution in [-0.2, 0) is 6.42 Å². The third-order valence-electron chi connectivity index (χ3n) is 4.95. The Morgan fingerprint density at radius 2 is 2.07 bits per heavy atom. The van der Waals surface area contributed by atoms with Crippen molar-refractivity contribution >= 4 is 17.5 Å². The molecule has 0 saturated carbocycles. The van der Waals surface area contributed by atoms with Gasteiger partial charge in [-0.15, -0.1) is 0 Å². The summed E-state index contributed by atoms with van der Waals surface area (Å²) in [7, 11) is 0. The van der Waals surface area contributed by atoms with Crippen molar-refractivity contribution in [2.75, 3.05) is 29.9 Å². The number of benzene rings is 1. The molecule has 1 atom stereocenters. The smallest absolute Gasteiger partial charge is 0.229 e. The Bertz CT molecular complexity index is 864. The van der Waals surface area contributed by atoms with Gasteiger partial charge in [-0.2, -0.15) is 10.2 Å². The van der Waals surface area contributed by atoms with E-state index in [9.17, 15) is 0 Å². The van der Waals surface area contributed by atoms with E-state index in [0.717, 1.165) is 56.1 Å². The molecule has 1 aromatic heterocycles. The highest BCUT2D eigenvalue weighted by Crippen LogP contribution is 2.24. The van der Waals surface area contributed by atoms with Gasteiger partial charge in [0, 0.05) is 43.1 Å². The summed E-state index contributed by atoms with van der Waals surface area (Å²) in [5.41, 5.74) is 2.77. The van der Waals surface area contributed by atoms with Crippen molar-refractivity contribution in [2.24, 2.45) is 5.41 Å². The van der Waals surface area contributed by atoms with E-state index in [2.05, 4.69) is 60.3 Å². The average Bonchev–Trinajstić information content (AvgIpc) is 3.15. The van der Waals surface area contributed by atoms with Crippen molar-refractivity contribution in [3.8, 4) is 6.07 Å². The summed E-state index contributed by atoms with van der Waals surface area (Å²) >= 11 is 0. The van der Waals surface area contributed by atoms with Crippen LogP contribution in [0.3, 0.4) is 0 Å². The fourth-order valence-corrected chi connectivity index (χ4v) is 3.47. The van der Waals surface area contributed by atoms with Gasteiger partial charge in [-0.3, -0.25) is 0 Å². The number of hydrogen-bond acceptors (Lipinski definition) is 6. The van der Waals surface area contributed by atoms with E-state index in [1.807, 2.05) is 18.2 Å². The maximum atomic E-state index is 9.13. The van der Waals surface area contributed by atoms with Crippen molar-refractivity contribution in [1.29, 1.82) is 5.26 Å². The summed E-state index contributed by atoms with van der Waals surface area (Å²) in [6, 6.07) is 12.2. The first kappa shape index (κ1) is 21.1. The van der Waals surface area contributed by atoms with Crippen LogP contribution in [0.25, 0.3) is 0 Å². The lowest BCUT2D eigenvalue weighted by Crippen LogP contribution is -2.37. The Kier molecular flexibility index (Phi) is 6.71. The normalized spacial score (nSPS) is 16.7. The molecule has 1 aliphatic heterocycles. The quantitative estimate of drug-likeness (QED) is 0.733. The molecule has 0 amide bonds. The molecule has 2 N–H and O–H groups in total. The zero-order chi connectivity index (χ0) is 20.9. The van der Waals surface area contributed by atoms with Gasteiger partial charge in [-0.25, -0.2) is 4.98 Å². The molecule has 1 aliphatic rings. The highest BCUT2D eigenvalue weighted by atomic mass is 15.3. The molecule has 1 unspecified atom stereocenters. The number of aromatic nitrogens is 2. The van der Waals surface area contributed by atoms with Crippen molar-refractivity contribution in [1.82, 2.24) is 15.3 Å². The Labute approximate surface area is 174 Å². The number of rotatable bonds is 7. The molecule has 0 bridgehead atoms. The van der Waals surface area contributed by atoms with Crippen molar-refractivity contribution in [3.63, 3.8) is 0 Å². The summed E-state index contributed by atoms with van der Waals surface area (Å²) in [6.07, 6.45) is 3.08. The van der Waals surface area contributed by atoms with Gasteiger partial charge in [-0.05, 0) is 36.5 Å². The van der Waals surface area contributed by atoms with Crippen molar-refractivity contribution in [2.45, 2.75) is 53.0 Å². The zero-order valence-electron chi connectivity index (χ0n) is 18.0. The summed E-state index contributed by atoms with van der Waals surface area (Å²) in [4.78, 5) is 11.8. The minimum Gasteiger partial charge on any atom is -0.355 e. The number of anilines is 3. The molecular formula is C23H32N6. The first-order valence-electron chi connectivity index (χ1n) is 10.5. The third-order valence-corrected chi connectivity index (χ3v) is 4.95. The number of aryl methyl sites for hydroxylation is 1. The van der Waals surface area contributed by atoms with Crippen LogP contribution in [0.15, 0.2) is 30.3 Å². The van der Waals surface area contributed by atoms with Gasteiger partial charge in [0.15, 0.2) is 0 Å². The molecule has 0 radical (unpaired) electrons. The van der Waals surface area contributed by atoms with Crippen LogP contribution < -0.4 is 15.5 Å². The predicted molar refractivity (Wildman–Crippen MR) is 119 cm³/mol. The van der Waals surface area contributed by atoms with Crippen LogP contribution in [0.1, 0.15) is 51.8 Å². The molecule has 0 aliphatic carbocycles. The van der Waals surface area contributed by atoms with Gasteiger partial charge in [0.25, 0.3) is 0 Å². The fourth-order valence-electron chi connectivity index (χ4n) is 3.47. The zero-order valence-corrected chi connectivity index (χ0v) is 18.0. The molecule has 1 aromatic carbocycles. The second-order valence-corrected chi connectivity index (χ2v) is 8.98. The lowest BCUT2D eigenvalue weighted by Gasteiger charge is -2.23. The molecule has 29 heavy (non-hydrogen) atoms. The second kappa shape index (κ2) is 9.23. The van der Waals surface area contributed by atoms with E-state index in [1.165, 1.54) is 0 Å². The molecule has 6 nitrogen and oxygen atoms in total. The largest absolute Gasteiger partial charge is 0.355 e. The van der Waals surface area contributed by atoms with E-state index in [0.29, 0.717) is 17.6 Å². The van der Waals surface area contributed by atoms with Crippen LogP contribution in [-0.4, -0.2) is 35.6 Å². The van der Waals surface area contributed by atoms with Gasteiger partial charge in [0.1, 0.15) is 5.82 Å². The van der Waals surface area contributed by atoms with Crippen LogP contribution in [0.5, 0.6) is 0 Å². The Morgan fingerprint density at radius 3 is 2.79 bits per heavy atom. The average molecular weight is 393 g/mol. The van der Waals surface area contributed by atoms with Gasteiger partial charge in [-0.1, -0.05) is 40.2 Å². The maximum Gasteiger partial charge on any atom is 0.229 e. The lowest BCUT2D eigenvalue weighted by molar-refractivity contribution is 0.357.